The third-order valence-corrected chi connectivity index (χ3v) is 3.65. The number of hydrogen-bond acceptors (Lipinski definition) is 3. The molecule has 0 aromatic heterocycles. The van der Waals surface area contributed by atoms with Gasteiger partial charge in [-0.25, -0.2) is 0 Å². The lowest BCUT2D eigenvalue weighted by molar-refractivity contribution is -0.121. The lowest BCUT2D eigenvalue weighted by atomic mass is 9.76. The van der Waals surface area contributed by atoms with Gasteiger partial charge in [-0.3, -0.25) is 9.59 Å². The Morgan fingerprint density at radius 1 is 1.38 bits per heavy atom. The highest BCUT2D eigenvalue weighted by atomic mass is 35.5. The second kappa shape index (κ2) is 5.90. The third-order valence-electron chi connectivity index (χ3n) is 3.42. The fraction of sp³-hybridized carbons (Fsp3) is 0.375. The number of anilines is 1. The molecule has 1 aromatic carbocycles. The van der Waals surface area contributed by atoms with E-state index in [-0.39, 0.29) is 34.9 Å². The maximum Gasteiger partial charge on any atom is 0.229 e. The number of Topliss-reactive ketones (excluding diaryl/α,β-unsaturated/α-hetero) is 1. The summed E-state index contributed by atoms with van der Waals surface area (Å²) in [6.45, 7) is 3.84. The van der Waals surface area contributed by atoms with Gasteiger partial charge >= 0.3 is 0 Å². The van der Waals surface area contributed by atoms with Gasteiger partial charge in [-0.15, -0.1) is 0 Å². The minimum Gasteiger partial charge on any atom is -0.512 e. The summed E-state index contributed by atoms with van der Waals surface area (Å²) in [6.07, 6.45) is 0.641. The van der Waals surface area contributed by atoms with Gasteiger partial charge in [-0.1, -0.05) is 31.5 Å². The lowest BCUT2D eigenvalue weighted by Crippen LogP contribution is -2.28. The molecule has 0 fully saturated rings. The first-order valence-electron chi connectivity index (χ1n) is 6.76. The SMILES string of the molecule is CC1(C)CC(=O)C(CC(=O)Nc2cccc(Cl)c2)=C(O)C1. The summed E-state index contributed by atoms with van der Waals surface area (Å²) in [4.78, 5) is 24.0. The van der Waals surface area contributed by atoms with E-state index in [0.29, 0.717) is 23.6 Å². The van der Waals surface area contributed by atoms with Crippen molar-refractivity contribution in [3.05, 3.63) is 40.6 Å². The summed E-state index contributed by atoms with van der Waals surface area (Å²) in [5.41, 5.74) is 0.527. The molecule has 5 heteroatoms. The Hall–Kier alpha value is -1.81. The van der Waals surface area contributed by atoms with Gasteiger partial charge < -0.3 is 10.4 Å². The van der Waals surface area contributed by atoms with Crippen LogP contribution >= 0.6 is 11.6 Å². The summed E-state index contributed by atoms with van der Waals surface area (Å²) < 4.78 is 0. The zero-order valence-electron chi connectivity index (χ0n) is 12.1. The number of carbonyl (C=O) groups excluding carboxylic acids is 2. The van der Waals surface area contributed by atoms with E-state index in [4.69, 9.17) is 11.6 Å². The number of nitrogens with one attached hydrogen (secondary N) is 1. The van der Waals surface area contributed by atoms with E-state index in [9.17, 15) is 14.7 Å². The van der Waals surface area contributed by atoms with Gasteiger partial charge in [0.15, 0.2) is 5.78 Å². The highest BCUT2D eigenvalue weighted by molar-refractivity contribution is 6.30. The monoisotopic (exact) mass is 307 g/mol. The van der Waals surface area contributed by atoms with Gasteiger partial charge in [-0.2, -0.15) is 0 Å². The highest BCUT2D eigenvalue weighted by Gasteiger charge is 2.33. The molecule has 2 rings (SSSR count). The average Bonchev–Trinajstić information content (AvgIpc) is 2.32. The Labute approximate surface area is 128 Å². The minimum absolute atomic E-state index is 0.0255. The molecule has 0 spiro atoms. The van der Waals surface area contributed by atoms with Crippen LogP contribution in [0.5, 0.6) is 0 Å². The Bertz CT molecular complexity index is 620. The van der Waals surface area contributed by atoms with Crippen LogP contribution in [0.15, 0.2) is 35.6 Å². The van der Waals surface area contributed by atoms with Crippen molar-refractivity contribution in [1.82, 2.24) is 0 Å². The number of aliphatic hydroxyl groups excluding tert-OH is 1. The minimum atomic E-state index is -0.341. The molecule has 0 bridgehead atoms. The molecule has 21 heavy (non-hydrogen) atoms. The molecule has 0 heterocycles. The van der Waals surface area contributed by atoms with Crippen LogP contribution in [0.2, 0.25) is 5.02 Å². The van der Waals surface area contributed by atoms with Crippen LogP contribution in [0, 0.1) is 5.41 Å². The Morgan fingerprint density at radius 2 is 2.10 bits per heavy atom. The van der Waals surface area contributed by atoms with Crippen molar-refractivity contribution in [2.45, 2.75) is 33.1 Å². The van der Waals surface area contributed by atoms with Gasteiger partial charge in [-0.05, 0) is 23.6 Å². The Morgan fingerprint density at radius 3 is 2.71 bits per heavy atom. The van der Waals surface area contributed by atoms with Crippen LogP contribution in [0.1, 0.15) is 33.1 Å². The average molecular weight is 308 g/mol. The molecule has 0 atom stereocenters. The quantitative estimate of drug-likeness (QED) is 0.891. The van der Waals surface area contributed by atoms with E-state index in [0.717, 1.165) is 0 Å². The van der Waals surface area contributed by atoms with Crippen LogP contribution in [0.25, 0.3) is 0 Å². The van der Waals surface area contributed by atoms with Crippen LogP contribution < -0.4 is 5.32 Å². The maximum absolute atomic E-state index is 12.0. The van der Waals surface area contributed by atoms with Crippen molar-refractivity contribution in [2.24, 2.45) is 5.41 Å². The zero-order chi connectivity index (χ0) is 15.6. The first-order chi connectivity index (χ1) is 9.77. The van der Waals surface area contributed by atoms with E-state index < -0.39 is 0 Å². The second-order valence-corrected chi connectivity index (χ2v) is 6.54. The molecule has 112 valence electrons. The topological polar surface area (TPSA) is 66.4 Å². The van der Waals surface area contributed by atoms with Crippen LogP contribution in [-0.2, 0) is 9.59 Å². The third kappa shape index (κ3) is 4.08. The molecule has 1 aliphatic rings. The second-order valence-electron chi connectivity index (χ2n) is 6.10. The zero-order valence-corrected chi connectivity index (χ0v) is 12.8. The van der Waals surface area contributed by atoms with Crippen molar-refractivity contribution in [3.63, 3.8) is 0 Å². The molecule has 2 N–H and O–H groups in total. The summed E-state index contributed by atoms with van der Waals surface area (Å²) in [5.74, 6) is -0.477. The lowest BCUT2D eigenvalue weighted by Gasteiger charge is -2.29. The van der Waals surface area contributed by atoms with Gasteiger partial charge in [0.1, 0.15) is 5.76 Å². The van der Waals surface area contributed by atoms with Gasteiger partial charge in [0.05, 0.1) is 6.42 Å². The standard InChI is InChI=1S/C16H18ClNO3/c1-16(2)8-13(19)12(14(20)9-16)7-15(21)18-11-5-3-4-10(17)6-11/h3-6,19H,7-9H2,1-2H3,(H,18,21). The fourth-order valence-corrected chi connectivity index (χ4v) is 2.65. The first-order valence-corrected chi connectivity index (χ1v) is 7.14. The number of rotatable bonds is 3. The van der Waals surface area contributed by atoms with Crippen molar-refractivity contribution in [3.8, 4) is 0 Å². The number of ketones is 1. The molecule has 0 unspecified atom stereocenters. The van der Waals surface area contributed by atoms with E-state index in [1.54, 1.807) is 24.3 Å². The Kier molecular flexibility index (Phi) is 4.37. The van der Waals surface area contributed by atoms with E-state index in [2.05, 4.69) is 5.32 Å². The molecular weight excluding hydrogens is 290 g/mol. The number of hydrogen-bond donors (Lipinski definition) is 2. The number of halogens is 1. The molecule has 0 saturated heterocycles. The van der Waals surface area contributed by atoms with Crippen LogP contribution in [0.4, 0.5) is 5.69 Å². The highest BCUT2D eigenvalue weighted by Crippen LogP contribution is 2.36. The first kappa shape index (κ1) is 15.6. The molecule has 1 amide bonds. The molecule has 0 saturated carbocycles. The fourth-order valence-electron chi connectivity index (χ4n) is 2.46. The van der Waals surface area contributed by atoms with E-state index in [1.165, 1.54) is 0 Å². The van der Waals surface area contributed by atoms with Crippen LogP contribution in [0.3, 0.4) is 0 Å². The number of benzene rings is 1. The summed E-state index contributed by atoms with van der Waals surface area (Å²) in [5, 5.41) is 13.2. The summed E-state index contributed by atoms with van der Waals surface area (Å²) in [6, 6.07) is 6.77. The molecular formula is C16H18ClNO3. The number of allylic oxidation sites excluding steroid dienone is 1. The van der Waals surface area contributed by atoms with E-state index in [1.807, 2.05) is 13.8 Å². The molecule has 0 aliphatic heterocycles. The summed E-state index contributed by atoms with van der Waals surface area (Å²) >= 11 is 5.84. The predicted molar refractivity (Wildman–Crippen MR) is 82.4 cm³/mol. The number of carbonyl (C=O) groups is 2. The maximum atomic E-state index is 12.0. The molecule has 1 aromatic rings. The van der Waals surface area contributed by atoms with Crippen molar-refractivity contribution in [2.75, 3.05) is 5.32 Å². The van der Waals surface area contributed by atoms with E-state index >= 15 is 0 Å². The summed E-state index contributed by atoms with van der Waals surface area (Å²) in [7, 11) is 0. The normalized spacial score (nSPS) is 17.8. The Balaban J connectivity index is 2.07. The van der Waals surface area contributed by atoms with Crippen molar-refractivity contribution in [1.29, 1.82) is 0 Å². The number of amides is 1. The smallest absolute Gasteiger partial charge is 0.229 e. The van der Waals surface area contributed by atoms with Gasteiger partial charge in [0.25, 0.3) is 0 Å². The molecule has 1 aliphatic carbocycles. The largest absolute Gasteiger partial charge is 0.512 e. The van der Waals surface area contributed by atoms with Gasteiger partial charge in [0.2, 0.25) is 5.91 Å². The molecule has 4 nitrogen and oxygen atoms in total. The van der Waals surface area contributed by atoms with Crippen LogP contribution in [-0.4, -0.2) is 16.8 Å². The van der Waals surface area contributed by atoms with Crippen molar-refractivity contribution < 1.29 is 14.7 Å². The number of aliphatic hydroxyl groups is 1. The van der Waals surface area contributed by atoms with Gasteiger partial charge in [0, 0.05) is 29.1 Å². The predicted octanol–water partition coefficient (Wildman–Crippen LogP) is 3.87. The molecule has 0 radical (unpaired) electrons. The van der Waals surface area contributed by atoms with Crippen molar-refractivity contribution >= 4 is 29.0 Å².